The van der Waals surface area contributed by atoms with Gasteiger partial charge in [0.1, 0.15) is 5.75 Å². The van der Waals surface area contributed by atoms with Crippen molar-refractivity contribution in [3.8, 4) is 22.7 Å². The number of hydrogen-bond acceptors (Lipinski definition) is 3. The summed E-state index contributed by atoms with van der Waals surface area (Å²) in [5, 5.41) is 0.472. The van der Waals surface area contributed by atoms with Gasteiger partial charge in [-0.3, -0.25) is 13.9 Å². The van der Waals surface area contributed by atoms with Crippen LogP contribution in [0.25, 0.3) is 27.8 Å². The zero-order valence-corrected chi connectivity index (χ0v) is 21.0. The van der Waals surface area contributed by atoms with Gasteiger partial charge in [0.25, 0.3) is 5.56 Å². The van der Waals surface area contributed by atoms with E-state index in [1.807, 2.05) is 47.2 Å². The van der Waals surface area contributed by atoms with Crippen molar-refractivity contribution in [3.05, 3.63) is 76.9 Å². The average molecular weight is 598 g/mol. The summed E-state index contributed by atoms with van der Waals surface area (Å²) < 4.78 is 12.4. The minimum absolute atomic E-state index is 0.340. The normalized spacial score (nSPS) is 11.3. The molecule has 0 aliphatic carbocycles. The molecule has 0 aliphatic heterocycles. The maximum atomic E-state index is 13.1. The maximum Gasteiger partial charge on any atom is 0.330 e. The van der Waals surface area contributed by atoms with E-state index in [0.29, 0.717) is 16.6 Å². The van der Waals surface area contributed by atoms with Gasteiger partial charge in [-0.05, 0) is 89.8 Å². The molecule has 9 heteroatoms. The number of ether oxygens (including phenoxy) is 1. The summed E-state index contributed by atoms with van der Waals surface area (Å²) in [5.41, 5.74) is 2.20. The number of aryl methyl sites for hydroxylation is 1. The maximum absolute atomic E-state index is 13.1. The van der Waals surface area contributed by atoms with Gasteiger partial charge in [-0.25, -0.2) is 4.79 Å². The van der Waals surface area contributed by atoms with Crippen LogP contribution in [0.5, 0.6) is 5.75 Å². The topological polar surface area (TPSA) is 58.2 Å². The molecule has 0 saturated heterocycles. The zero-order valence-electron chi connectivity index (χ0n) is 16.2. The van der Waals surface area contributed by atoms with E-state index < -0.39 is 0 Å². The SMILES string of the molecule is COc1ccc(-c2c3c(=O)n(C)c(=O)n(C)c3cn2-c2cc(Br)c(Br)c(Br)c2)cc1. The lowest BCUT2D eigenvalue weighted by Gasteiger charge is -2.13. The van der Waals surface area contributed by atoms with E-state index in [1.54, 1.807) is 14.2 Å². The van der Waals surface area contributed by atoms with Gasteiger partial charge in [0, 0.05) is 39.4 Å². The summed E-state index contributed by atoms with van der Waals surface area (Å²) in [7, 11) is 4.77. The highest BCUT2D eigenvalue weighted by atomic mass is 79.9. The van der Waals surface area contributed by atoms with Gasteiger partial charge in [-0.1, -0.05) is 0 Å². The predicted octanol–water partition coefficient (Wildman–Crippen LogP) is 4.99. The summed E-state index contributed by atoms with van der Waals surface area (Å²) >= 11 is 10.7. The second kappa shape index (κ2) is 7.86. The second-order valence-electron chi connectivity index (χ2n) is 6.77. The molecule has 0 N–H and O–H groups in total. The monoisotopic (exact) mass is 595 g/mol. The summed E-state index contributed by atoms with van der Waals surface area (Å²) in [4.78, 5) is 25.6. The number of hydrogen-bond donors (Lipinski definition) is 0. The van der Waals surface area contributed by atoms with Crippen molar-refractivity contribution in [1.29, 1.82) is 0 Å². The molecule has 2 aromatic carbocycles. The fourth-order valence-corrected chi connectivity index (χ4v) is 4.85. The molecule has 0 aliphatic rings. The number of fused-ring (bicyclic) bond motifs is 1. The molecule has 30 heavy (non-hydrogen) atoms. The first-order chi connectivity index (χ1) is 14.2. The van der Waals surface area contributed by atoms with Crippen LogP contribution < -0.4 is 16.0 Å². The molecule has 0 atom stereocenters. The van der Waals surface area contributed by atoms with Gasteiger partial charge in [0.15, 0.2) is 0 Å². The first-order valence-corrected chi connectivity index (χ1v) is 11.2. The minimum Gasteiger partial charge on any atom is -0.497 e. The highest BCUT2D eigenvalue weighted by Gasteiger charge is 2.21. The number of halogens is 3. The van der Waals surface area contributed by atoms with Crippen molar-refractivity contribution in [2.24, 2.45) is 14.1 Å². The Balaban J connectivity index is 2.17. The van der Waals surface area contributed by atoms with Crippen molar-refractivity contribution in [3.63, 3.8) is 0 Å². The van der Waals surface area contributed by atoms with Crippen LogP contribution in [0.4, 0.5) is 0 Å². The minimum atomic E-state index is -0.371. The fourth-order valence-electron chi connectivity index (χ4n) is 3.46. The highest BCUT2D eigenvalue weighted by molar-refractivity contribution is 9.14. The molecule has 0 radical (unpaired) electrons. The van der Waals surface area contributed by atoms with E-state index in [1.165, 1.54) is 11.6 Å². The van der Waals surface area contributed by atoms with E-state index >= 15 is 0 Å². The molecule has 0 unspecified atom stereocenters. The molecular weight excluding hydrogens is 582 g/mol. The summed E-state index contributed by atoms with van der Waals surface area (Å²) in [6.07, 6.45) is 1.82. The molecule has 154 valence electrons. The van der Waals surface area contributed by atoms with Gasteiger partial charge in [0.2, 0.25) is 0 Å². The Morgan fingerprint density at radius 2 is 1.50 bits per heavy atom. The summed E-state index contributed by atoms with van der Waals surface area (Å²) in [5.74, 6) is 0.718. The molecule has 0 spiro atoms. The van der Waals surface area contributed by atoms with Crippen LogP contribution in [0.2, 0.25) is 0 Å². The largest absolute Gasteiger partial charge is 0.497 e. The van der Waals surface area contributed by atoms with Crippen LogP contribution >= 0.6 is 47.8 Å². The molecule has 2 aromatic heterocycles. The van der Waals surface area contributed by atoms with Crippen molar-refractivity contribution >= 4 is 58.7 Å². The average Bonchev–Trinajstić information content (AvgIpc) is 3.15. The Morgan fingerprint density at radius 1 is 0.900 bits per heavy atom. The van der Waals surface area contributed by atoms with Gasteiger partial charge in [0.05, 0.1) is 23.7 Å². The van der Waals surface area contributed by atoms with Crippen LogP contribution in [-0.4, -0.2) is 20.8 Å². The van der Waals surface area contributed by atoms with E-state index in [9.17, 15) is 9.59 Å². The lowest BCUT2D eigenvalue weighted by atomic mass is 10.1. The molecule has 0 saturated carbocycles. The molecule has 0 bridgehead atoms. The third kappa shape index (κ3) is 3.29. The van der Waals surface area contributed by atoms with Gasteiger partial charge in [-0.2, -0.15) is 0 Å². The van der Waals surface area contributed by atoms with Crippen molar-refractivity contribution < 1.29 is 4.74 Å². The lowest BCUT2D eigenvalue weighted by Crippen LogP contribution is -2.36. The van der Waals surface area contributed by atoms with Crippen LogP contribution in [0.1, 0.15) is 0 Å². The number of benzene rings is 2. The van der Waals surface area contributed by atoms with E-state index in [0.717, 1.165) is 35.0 Å². The third-order valence-corrected chi connectivity index (χ3v) is 8.22. The van der Waals surface area contributed by atoms with Gasteiger partial charge < -0.3 is 9.30 Å². The standard InChI is InChI=1S/C21H16Br3N3O3/c1-25-16-10-27(12-8-14(22)18(24)15(23)9-12)19(11-4-6-13(30-3)7-5-11)17(16)20(28)26(2)21(25)29/h4-10H,1-3H3. The van der Waals surface area contributed by atoms with Crippen molar-refractivity contribution in [2.45, 2.75) is 0 Å². The number of aromatic nitrogens is 3. The smallest absolute Gasteiger partial charge is 0.330 e. The summed E-state index contributed by atoms with van der Waals surface area (Å²) in [6, 6.07) is 11.4. The van der Waals surface area contributed by atoms with Crippen LogP contribution in [-0.2, 0) is 14.1 Å². The van der Waals surface area contributed by atoms with Crippen molar-refractivity contribution in [2.75, 3.05) is 7.11 Å². The Labute approximate surface area is 197 Å². The van der Waals surface area contributed by atoms with Crippen LogP contribution in [0.15, 0.2) is 65.6 Å². The first-order valence-electron chi connectivity index (χ1n) is 8.85. The predicted molar refractivity (Wildman–Crippen MR) is 129 cm³/mol. The lowest BCUT2D eigenvalue weighted by molar-refractivity contribution is 0.415. The number of rotatable bonds is 3. The van der Waals surface area contributed by atoms with Crippen LogP contribution in [0.3, 0.4) is 0 Å². The van der Waals surface area contributed by atoms with Crippen molar-refractivity contribution in [1.82, 2.24) is 13.7 Å². The highest BCUT2D eigenvalue weighted by Crippen LogP contribution is 2.37. The zero-order chi connectivity index (χ0) is 21.7. The molecule has 4 rings (SSSR count). The molecule has 6 nitrogen and oxygen atoms in total. The molecule has 2 heterocycles. The molecular formula is C21H16Br3N3O3. The summed E-state index contributed by atoms with van der Waals surface area (Å²) in [6.45, 7) is 0. The number of methoxy groups -OCH3 is 1. The van der Waals surface area contributed by atoms with Crippen LogP contribution in [0, 0.1) is 0 Å². The first kappa shape index (κ1) is 21.1. The Morgan fingerprint density at radius 3 is 2.07 bits per heavy atom. The molecule has 0 amide bonds. The Hall–Kier alpha value is -2.10. The molecule has 0 fully saturated rings. The van der Waals surface area contributed by atoms with Gasteiger partial charge >= 0.3 is 5.69 Å². The molecule has 4 aromatic rings. The Bertz CT molecular complexity index is 1390. The number of nitrogens with zero attached hydrogens (tertiary/aromatic N) is 3. The van der Waals surface area contributed by atoms with E-state index in [-0.39, 0.29) is 11.2 Å². The van der Waals surface area contributed by atoms with E-state index in [4.69, 9.17) is 4.74 Å². The van der Waals surface area contributed by atoms with E-state index in [2.05, 4.69) is 47.8 Å². The quantitative estimate of drug-likeness (QED) is 0.313. The van der Waals surface area contributed by atoms with Gasteiger partial charge in [-0.15, -0.1) is 0 Å². The third-order valence-electron chi connectivity index (χ3n) is 5.05. The fraction of sp³-hybridized carbons (Fsp3) is 0.143. The second-order valence-corrected chi connectivity index (χ2v) is 9.27. The Kier molecular flexibility index (Phi) is 5.54.